The number of unbranched alkanes of at least 4 members (excludes halogenated alkanes) is 1. The van der Waals surface area contributed by atoms with Gasteiger partial charge in [-0.3, -0.25) is 9.20 Å². The number of anilines is 1. The fourth-order valence-electron chi connectivity index (χ4n) is 3.91. The summed E-state index contributed by atoms with van der Waals surface area (Å²) in [5.41, 5.74) is 22.0. The van der Waals surface area contributed by atoms with Gasteiger partial charge >= 0.3 is 0 Å². The SMILES string of the molecule is C=C=C=C=C=C=C.C=NC=C=NC.CCCCS(=O)c1sc2nc(-c3nccs3)cc(-c3cnc(C4CC4)n3C)c2c1N. The summed E-state index contributed by atoms with van der Waals surface area (Å²) >= 11 is 3.00. The van der Waals surface area contributed by atoms with E-state index in [4.69, 9.17) is 15.7 Å². The minimum atomic E-state index is -1.11. The van der Waals surface area contributed by atoms with Crippen LogP contribution in [0.1, 0.15) is 44.3 Å². The predicted octanol–water partition coefficient (Wildman–Crippen LogP) is 7.27. The second kappa shape index (κ2) is 16.9. The largest absolute Gasteiger partial charge is 0.396 e. The second-order valence-electron chi connectivity index (χ2n) is 9.01. The zero-order valence-corrected chi connectivity index (χ0v) is 27.0. The first kappa shape index (κ1) is 33.2. The number of nitrogens with two attached hydrogens (primary N) is 1. The Labute approximate surface area is 262 Å². The van der Waals surface area contributed by atoms with Gasteiger partial charge < -0.3 is 10.3 Å². The van der Waals surface area contributed by atoms with Gasteiger partial charge in [-0.15, -0.1) is 22.7 Å². The molecule has 2 N–H and O–H groups in total. The van der Waals surface area contributed by atoms with Gasteiger partial charge in [0.1, 0.15) is 25.6 Å². The van der Waals surface area contributed by atoms with Crippen molar-refractivity contribution in [1.82, 2.24) is 19.5 Å². The molecule has 0 aromatic carbocycles. The van der Waals surface area contributed by atoms with Gasteiger partial charge in [-0.1, -0.05) is 24.8 Å². The first-order chi connectivity index (χ1) is 20.9. The van der Waals surface area contributed by atoms with E-state index in [2.05, 4.69) is 94.0 Å². The number of aliphatic imine (C=N–C) groups is 2. The lowest BCUT2D eigenvalue weighted by atomic mass is 10.1. The number of hydrogen-bond donors (Lipinski definition) is 1. The zero-order valence-electron chi connectivity index (χ0n) is 24.5. The first-order valence-corrected chi connectivity index (χ1v) is 16.4. The molecule has 8 nitrogen and oxygen atoms in total. The van der Waals surface area contributed by atoms with Crippen LogP contribution in [0.3, 0.4) is 0 Å². The molecular weight excluding hydrogens is 595 g/mol. The number of thiophene rings is 1. The number of aromatic nitrogens is 4. The molecule has 4 aromatic heterocycles. The lowest BCUT2D eigenvalue weighted by Crippen LogP contribution is -2.00. The Morgan fingerprint density at radius 2 is 1.98 bits per heavy atom. The number of hydrogen-bond acceptors (Lipinski definition) is 9. The number of pyridine rings is 1. The molecule has 0 saturated heterocycles. The molecule has 1 saturated carbocycles. The molecular formula is C32H33N7OS3. The number of imidazole rings is 1. The van der Waals surface area contributed by atoms with Crippen molar-refractivity contribution in [1.29, 1.82) is 0 Å². The highest BCUT2D eigenvalue weighted by molar-refractivity contribution is 7.87. The highest BCUT2D eigenvalue weighted by atomic mass is 32.2. The smallest absolute Gasteiger partial charge is 0.141 e. The van der Waals surface area contributed by atoms with Gasteiger partial charge in [0.2, 0.25) is 0 Å². The van der Waals surface area contributed by atoms with E-state index >= 15 is 0 Å². The van der Waals surface area contributed by atoms with Crippen molar-refractivity contribution in [3.8, 4) is 22.0 Å². The summed E-state index contributed by atoms with van der Waals surface area (Å²) in [4.78, 5) is 21.6. The monoisotopic (exact) mass is 627 g/mol. The lowest BCUT2D eigenvalue weighted by molar-refractivity contribution is 0.681. The molecule has 1 fully saturated rings. The maximum absolute atomic E-state index is 12.9. The summed E-state index contributed by atoms with van der Waals surface area (Å²) in [6.45, 7) is 11.8. The van der Waals surface area contributed by atoms with Crippen LogP contribution in [-0.4, -0.2) is 49.1 Å². The van der Waals surface area contributed by atoms with Crippen molar-refractivity contribution in [2.24, 2.45) is 17.0 Å². The third-order valence-corrected chi connectivity index (χ3v) is 9.82. The average molecular weight is 628 g/mol. The number of nitrogen functional groups attached to an aromatic ring is 1. The summed E-state index contributed by atoms with van der Waals surface area (Å²) < 4.78 is 15.8. The van der Waals surface area contributed by atoms with Crippen LogP contribution in [0, 0.1) is 0 Å². The van der Waals surface area contributed by atoms with E-state index in [1.165, 1.54) is 30.4 Å². The normalized spacial score (nSPS) is 11.9. The fourth-order valence-corrected chi connectivity index (χ4v) is 7.31. The molecule has 5 rings (SSSR count). The molecule has 11 heteroatoms. The fraction of sp³-hybridized carbons (Fsp3) is 0.281. The van der Waals surface area contributed by atoms with Crippen molar-refractivity contribution >= 4 is 62.0 Å². The van der Waals surface area contributed by atoms with E-state index < -0.39 is 10.8 Å². The minimum Gasteiger partial charge on any atom is -0.396 e. The Bertz CT molecular complexity index is 1820. The van der Waals surface area contributed by atoms with Crippen molar-refractivity contribution < 1.29 is 4.21 Å². The zero-order chi connectivity index (χ0) is 31.2. The molecule has 1 unspecified atom stereocenters. The standard InChI is InChI=1S/C21H23N5OS3.C7H4.C4H6N2/c1-3-4-9-30(27)21-17(22)16-13(15-11-24-18(26(15)2)12-5-6-12)10-14(25-20(16)29-21)19-23-7-8-28-19;1-3-5-7-6-4-2;1-5-3-4-6-2/h7-8,10-12H,3-6,9,22H2,1-2H3;1-2H2;3H,1H2,2H3. The first-order valence-electron chi connectivity index (χ1n) is 13.4. The van der Waals surface area contributed by atoms with E-state index in [1.807, 2.05) is 11.6 Å². The maximum Gasteiger partial charge on any atom is 0.141 e. The number of thiazole rings is 1. The second-order valence-corrected chi connectivity index (χ2v) is 12.7. The lowest BCUT2D eigenvalue weighted by Gasteiger charge is -2.09. The Balaban J connectivity index is 0.000000328. The summed E-state index contributed by atoms with van der Waals surface area (Å²) in [5, 5.41) is 3.69. The van der Waals surface area contributed by atoms with Crippen LogP contribution < -0.4 is 5.73 Å². The van der Waals surface area contributed by atoms with E-state index in [-0.39, 0.29) is 0 Å². The Kier molecular flexibility index (Phi) is 13.1. The Morgan fingerprint density at radius 1 is 1.23 bits per heavy atom. The molecule has 1 aliphatic carbocycles. The van der Waals surface area contributed by atoms with E-state index in [0.717, 1.165) is 55.1 Å². The topological polar surface area (TPSA) is 111 Å². The molecule has 220 valence electrons. The molecule has 0 amide bonds. The van der Waals surface area contributed by atoms with Crippen LogP contribution in [0.5, 0.6) is 0 Å². The highest BCUT2D eigenvalue weighted by Gasteiger charge is 2.29. The quantitative estimate of drug-likeness (QED) is 0.163. The third kappa shape index (κ3) is 8.83. The van der Waals surface area contributed by atoms with Gasteiger partial charge in [0.05, 0.1) is 34.6 Å². The molecule has 0 radical (unpaired) electrons. The molecule has 0 aliphatic heterocycles. The molecule has 1 aliphatic rings. The predicted molar refractivity (Wildman–Crippen MR) is 182 cm³/mol. The number of nitrogens with zero attached hydrogens (tertiary/aromatic N) is 6. The van der Waals surface area contributed by atoms with E-state index in [0.29, 0.717) is 17.4 Å². The van der Waals surface area contributed by atoms with Crippen molar-refractivity contribution in [2.45, 2.75) is 42.7 Å². The van der Waals surface area contributed by atoms with Crippen LogP contribution in [0.25, 0.3) is 32.2 Å². The van der Waals surface area contributed by atoms with Crippen LogP contribution in [0.15, 0.2) is 86.0 Å². The van der Waals surface area contributed by atoms with Gasteiger partial charge in [0.15, 0.2) is 0 Å². The Hall–Kier alpha value is -4.34. The summed E-state index contributed by atoms with van der Waals surface area (Å²) in [6, 6.07) is 2.05. The van der Waals surface area contributed by atoms with E-state index in [1.54, 1.807) is 24.6 Å². The maximum atomic E-state index is 12.9. The van der Waals surface area contributed by atoms with Gasteiger partial charge in [0.25, 0.3) is 0 Å². The minimum absolute atomic E-state index is 0.552. The molecule has 0 spiro atoms. The third-order valence-electron chi connectivity index (χ3n) is 6.03. The number of fused-ring (bicyclic) bond motifs is 1. The highest BCUT2D eigenvalue weighted by Crippen LogP contribution is 2.45. The van der Waals surface area contributed by atoms with Gasteiger partial charge in [-0.2, -0.15) is 0 Å². The van der Waals surface area contributed by atoms with Crippen LogP contribution >= 0.6 is 22.7 Å². The van der Waals surface area contributed by atoms with Gasteiger partial charge in [0, 0.05) is 54.2 Å². The molecule has 1 atom stereocenters. The number of rotatable bonds is 8. The van der Waals surface area contributed by atoms with Gasteiger partial charge in [-0.05, 0) is 62.4 Å². The van der Waals surface area contributed by atoms with Crippen LogP contribution in [-0.2, 0) is 17.8 Å². The molecule has 43 heavy (non-hydrogen) atoms. The average Bonchev–Trinajstić information content (AvgIpc) is 3.39. The molecule has 0 bridgehead atoms. The molecule has 4 aromatic rings. The summed E-state index contributed by atoms with van der Waals surface area (Å²) in [6.07, 6.45) is 9.43. The summed E-state index contributed by atoms with van der Waals surface area (Å²) in [5.74, 6) is 4.76. The molecule has 4 heterocycles. The van der Waals surface area contributed by atoms with Crippen molar-refractivity contribution in [3.05, 3.63) is 77.7 Å². The summed E-state index contributed by atoms with van der Waals surface area (Å²) in [7, 11) is 2.58. The van der Waals surface area contributed by atoms with Crippen molar-refractivity contribution in [3.63, 3.8) is 0 Å². The van der Waals surface area contributed by atoms with Crippen LogP contribution in [0.2, 0.25) is 0 Å². The van der Waals surface area contributed by atoms with Crippen molar-refractivity contribution in [2.75, 3.05) is 18.5 Å². The van der Waals surface area contributed by atoms with E-state index in [9.17, 15) is 4.21 Å². The van der Waals surface area contributed by atoms with Crippen LogP contribution in [0.4, 0.5) is 5.69 Å². The Morgan fingerprint density at radius 3 is 2.53 bits per heavy atom. The van der Waals surface area contributed by atoms with Gasteiger partial charge in [-0.25, -0.2) is 19.9 Å².